The predicted molar refractivity (Wildman–Crippen MR) is 101 cm³/mol. The van der Waals surface area contributed by atoms with Crippen molar-refractivity contribution in [2.75, 3.05) is 0 Å². The molecule has 0 aromatic heterocycles. The average Bonchev–Trinajstić information content (AvgIpc) is 2.34. The van der Waals surface area contributed by atoms with Gasteiger partial charge in [0, 0.05) is 0 Å². The van der Waals surface area contributed by atoms with Crippen molar-refractivity contribution in [3.05, 3.63) is 12.7 Å². The highest BCUT2D eigenvalue weighted by molar-refractivity contribution is 5.68. The first-order chi connectivity index (χ1) is 10.2. The molecular formula is C21H40O2. The fourth-order valence-electron chi connectivity index (χ4n) is 3.92. The molecule has 0 saturated carbocycles. The van der Waals surface area contributed by atoms with Crippen LogP contribution >= 0.6 is 0 Å². The van der Waals surface area contributed by atoms with Crippen LogP contribution in [0.2, 0.25) is 0 Å². The number of rotatable bonds is 11. The molecule has 1 unspecified atom stereocenters. The molecule has 1 N–H and O–H groups in total. The fraction of sp³-hybridized carbons (Fsp3) is 0.857. The zero-order valence-corrected chi connectivity index (χ0v) is 16.9. The van der Waals surface area contributed by atoms with E-state index in [1.165, 1.54) is 19.3 Å². The maximum Gasteiger partial charge on any atom is 0.304 e. The van der Waals surface area contributed by atoms with Gasteiger partial charge in [-0.3, -0.25) is 4.79 Å². The highest BCUT2D eigenvalue weighted by Crippen LogP contribution is 2.45. The number of aliphatic carboxylic acids is 1. The van der Waals surface area contributed by atoms with E-state index in [-0.39, 0.29) is 17.3 Å². The number of carboxylic acid groups (broad SMARTS) is 1. The highest BCUT2D eigenvalue weighted by atomic mass is 16.4. The van der Waals surface area contributed by atoms with Gasteiger partial charge in [0.15, 0.2) is 0 Å². The number of carboxylic acids is 1. The number of hydrogen-bond acceptors (Lipinski definition) is 1. The second-order valence-electron chi connectivity index (χ2n) is 10.1. The third kappa shape index (κ3) is 9.17. The molecule has 0 aliphatic heterocycles. The molecule has 0 aromatic carbocycles. The van der Waals surface area contributed by atoms with Gasteiger partial charge in [0.2, 0.25) is 0 Å². The standard InChI is InChI=1S/C21H40O2/c1-10-18(3,4)15-19(5,6)12-13-20(7,8)16-21(9,11-2)14-17(22)23/h11H,2,10,12-16H2,1,3-9H3,(H,22,23). The van der Waals surface area contributed by atoms with Crippen molar-refractivity contribution in [2.45, 2.75) is 93.9 Å². The Kier molecular flexibility index (Phi) is 7.59. The monoisotopic (exact) mass is 324 g/mol. The Balaban J connectivity index is 4.80. The summed E-state index contributed by atoms with van der Waals surface area (Å²) < 4.78 is 0. The number of hydrogen-bond donors (Lipinski definition) is 1. The van der Waals surface area contributed by atoms with Gasteiger partial charge in [0.1, 0.15) is 0 Å². The molecule has 2 heteroatoms. The van der Waals surface area contributed by atoms with Gasteiger partial charge in [-0.25, -0.2) is 0 Å². The van der Waals surface area contributed by atoms with Gasteiger partial charge >= 0.3 is 5.97 Å². The molecule has 1 atom stereocenters. The molecule has 0 aliphatic carbocycles. The summed E-state index contributed by atoms with van der Waals surface area (Å²) in [6, 6.07) is 0. The van der Waals surface area contributed by atoms with E-state index in [1.807, 2.05) is 13.0 Å². The predicted octanol–water partition coefficient (Wildman–Crippen LogP) is 6.70. The Morgan fingerprint density at radius 2 is 1.35 bits per heavy atom. The molecule has 0 spiro atoms. The van der Waals surface area contributed by atoms with Gasteiger partial charge in [-0.15, -0.1) is 6.58 Å². The maximum absolute atomic E-state index is 11.1. The van der Waals surface area contributed by atoms with Crippen LogP contribution in [0.15, 0.2) is 12.7 Å². The van der Waals surface area contributed by atoms with Gasteiger partial charge in [-0.05, 0) is 47.3 Å². The highest BCUT2D eigenvalue weighted by Gasteiger charge is 2.34. The van der Waals surface area contributed by atoms with E-state index in [0.717, 1.165) is 12.8 Å². The molecule has 136 valence electrons. The van der Waals surface area contributed by atoms with Crippen molar-refractivity contribution in [2.24, 2.45) is 21.7 Å². The summed E-state index contributed by atoms with van der Waals surface area (Å²) in [5, 5.41) is 9.14. The van der Waals surface area contributed by atoms with Crippen molar-refractivity contribution >= 4 is 5.97 Å². The zero-order valence-electron chi connectivity index (χ0n) is 16.9. The minimum atomic E-state index is -0.742. The molecule has 0 bridgehead atoms. The van der Waals surface area contributed by atoms with E-state index >= 15 is 0 Å². The lowest BCUT2D eigenvalue weighted by atomic mass is 9.66. The lowest BCUT2D eigenvalue weighted by Gasteiger charge is -2.39. The Morgan fingerprint density at radius 3 is 1.70 bits per heavy atom. The fourth-order valence-corrected chi connectivity index (χ4v) is 3.92. The van der Waals surface area contributed by atoms with Crippen LogP contribution in [0.3, 0.4) is 0 Å². The molecule has 0 aliphatic rings. The Morgan fingerprint density at radius 1 is 0.913 bits per heavy atom. The second-order valence-corrected chi connectivity index (χ2v) is 10.1. The van der Waals surface area contributed by atoms with Crippen molar-refractivity contribution in [1.29, 1.82) is 0 Å². The minimum absolute atomic E-state index is 0.117. The number of carbonyl (C=O) groups is 1. The van der Waals surface area contributed by atoms with Crippen LogP contribution in [0.4, 0.5) is 0 Å². The maximum atomic E-state index is 11.1. The van der Waals surface area contributed by atoms with Crippen LogP contribution in [0.5, 0.6) is 0 Å². The van der Waals surface area contributed by atoms with Crippen LogP contribution in [0.1, 0.15) is 93.9 Å². The smallest absolute Gasteiger partial charge is 0.304 e. The average molecular weight is 325 g/mol. The van der Waals surface area contributed by atoms with Crippen LogP contribution in [-0.2, 0) is 4.79 Å². The van der Waals surface area contributed by atoms with E-state index in [1.54, 1.807) is 0 Å². The van der Waals surface area contributed by atoms with E-state index < -0.39 is 5.97 Å². The van der Waals surface area contributed by atoms with Crippen LogP contribution in [-0.4, -0.2) is 11.1 Å². The molecular weight excluding hydrogens is 284 g/mol. The van der Waals surface area contributed by atoms with E-state index in [9.17, 15) is 4.79 Å². The van der Waals surface area contributed by atoms with Gasteiger partial charge in [0.05, 0.1) is 6.42 Å². The van der Waals surface area contributed by atoms with Crippen molar-refractivity contribution in [3.8, 4) is 0 Å². The van der Waals surface area contributed by atoms with Crippen LogP contribution in [0, 0.1) is 21.7 Å². The molecule has 0 heterocycles. The lowest BCUT2D eigenvalue weighted by Crippen LogP contribution is -2.29. The topological polar surface area (TPSA) is 37.3 Å². The minimum Gasteiger partial charge on any atom is -0.481 e. The Labute approximate surface area is 144 Å². The SMILES string of the molecule is C=CC(C)(CC(=O)O)CC(C)(C)CCC(C)(C)CC(C)(C)CC. The Bertz CT molecular complexity index is 404. The van der Waals surface area contributed by atoms with Gasteiger partial charge < -0.3 is 5.11 Å². The molecule has 2 nitrogen and oxygen atoms in total. The third-order valence-corrected chi connectivity index (χ3v) is 5.32. The van der Waals surface area contributed by atoms with Crippen LogP contribution < -0.4 is 0 Å². The molecule has 0 aromatic rings. The van der Waals surface area contributed by atoms with Crippen molar-refractivity contribution < 1.29 is 9.90 Å². The van der Waals surface area contributed by atoms with Gasteiger partial charge in [0.25, 0.3) is 0 Å². The summed E-state index contributed by atoms with van der Waals surface area (Å²) in [5.74, 6) is -0.742. The summed E-state index contributed by atoms with van der Waals surface area (Å²) in [6.45, 7) is 22.1. The van der Waals surface area contributed by atoms with Crippen LogP contribution in [0.25, 0.3) is 0 Å². The largest absolute Gasteiger partial charge is 0.481 e. The molecule has 0 saturated heterocycles. The number of allylic oxidation sites excluding steroid dienone is 1. The summed E-state index contributed by atoms with van der Waals surface area (Å²) >= 11 is 0. The summed E-state index contributed by atoms with van der Waals surface area (Å²) in [7, 11) is 0. The molecule has 0 fully saturated rings. The quantitative estimate of drug-likeness (QED) is 0.429. The first-order valence-electron chi connectivity index (χ1n) is 9.01. The first-order valence-corrected chi connectivity index (χ1v) is 9.01. The molecule has 0 radical (unpaired) electrons. The summed E-state index contributed by atoms with van der Waals surface area (Å²) in [4.78, 5) is 11.1. The van der Waals surface area contributed by atoms with E-state index in [2.05, 4.69) is 55.0 Å². The van der Waals surface area contributed by atoms with Crippen molar-refractivity contribution in [3.63, 3.8) is 0 Å². The van der Waals surface area contributed by atoms with Gasteiger partial charge in [-0.1, -0.05) is 67.9 Å². The van der Waals surface area contributed by atoms with Crippen molar-refractivity contribution in [1.82, 2.24) is 0 Å². The van der Waals surface area contributed by atoms with E-state index in [4.69, 9.17) is 5.11 Å². The second kappa shape index (κ2) is 7.85. The Hall–Kier alpha value is -0.790. The summed E-state index contributed by atoms with van der Waals surface area (Å²) in [6.07, 6.45) is 7.56. The lowest BCUT2D eigenvalue weighted by molar-refractivity contribution is -0.139. The molecule has 0 rings (SSSR count). The summed E-state index contributed by atoms with van der Waals surface area (Å²) in [5.41, 5.74) is 0.481. The normalized spacial score (nSPS) is 16.0. The molecule has 23 heavy (non-hydrogen) atoms. The van der Waals surface area contributed by atoms with Gasteiger partial charge in [-0.2, -0.15) is 0 Å². The third-order valence-electron chi connectivity index (χ3n) is 5.32. The molecule has 0 amide bonds. The van der Waals surface area contributed by atoms with E-state index in [0.29, 0.717) is 10.8 Å². The first kappa shape index (κ1) is 22.2. The zero-order chi connectivity index (χ0) is 18.5.